The van der Waals surface area contributed by atoms with Gasteiger partial charge in [-0.05, 0) is 0 Å². The van der Waals surface area contributed by atoms with Gasteiger partial charge in [-0.3, -0.25) is 19.2 Å². The molecule has 0 aromatic heterocycles. The molecule has 0 heterocycles. The van der Waals surface area contributed by atoms with Crippen molar-refractivity contribution in [2.75, 3.05) is 49.9 Å². The van der Waals surface area contributed by atoms with E-state index in [1.165, 1.54) is 0 Å². The Morgan fingerprint density at radius 3 is 0.880 bits per heavy atom. The fourth-order valence-corrected chi connectivity index (χ4v) is 1.65. The number of alkyl halides is 4. The minimum absolute atomic E-state index is 0.417. The molecule has 0 saturated carbocycles. The normalized spacial score (nSPS) is 10.7. The molecule has 0 aromatic carbocycles. The smallest absolute Gasteiger partial charge is 0.320 e. The number of esters is 4. The van der Waals surface area contributed by atoms with Crippen molar-refractivity contribution in [1.82, 2.24) is 0 Å². The summed E-state index contributed by atoms with van der Waals surface area (Å²) in [6.07, 6.45) is 0. The van der Waals surface area contributed by atoms with Crippen molar-refractivity contribution in [3.05, 3.63) is 0 Å². The van der Waals surface area contributed by atoms with Crippen LogP contribution in [0.15, 0.2) is 0 Å². The van der Waals surface area contributed by atoms with Crippen molar-refractivity contribution < 1.29 is 38.1 Å². The number of carbonyl (C=O) groups excluding carboxylic acids is 4. The summed E-state index contributed by atoms with van der Waals surface area (Å²) >= 11 is 21.4. The molecule has 12 heteroatoms. The molecule has 0 amide bonds. The van der Waals surface area contributed by atoms with Crippen LogP contribution in [0.5, 0.6) is 0 Å². The third-order valence-electron chi connectivity index (χ3n) is 2.59. The first-order chi connectivity index (χ1) is 11.8. The van der Waals surface area contributed by atoms with E-state index in [0.29, 0.717) is 0 Å². The summed E-state index contributed by atoms with van der Waals surface area (Å²) in [5, 5.41) is 0. The zero-order valence-corrected chi connectivity index (χ0v) is 16.0. The largest absolute Gasteiger partial charge is 0.464 e. The zero-order chi connectivity index (χ0) is 19.3. The van der Waals surface area contributed by atoms with Crippen LogP contribution in [0.4, 0.5) is 0 Å². The molecule has 0 aliphatic heterocycles. The quantitative estimate of drug-likeness (QED) is 0.252. The van der Waals surface area contributed by atoms with Gasteiger partial charge in [-0.1, -0.05) is 0 Å². The van der Waals surface area contributed by atoms with Crippen molar-refractivity contribution in [2.24, 2.45) is 5.41 Å². The highest BCUT2D eigenvalue weighted by Crippen LogP contribution is 2.22. The van der Waals surface area contributed by atoms with Gasteiger partial charge in [0.15, 0.2) is 0 Å². The first kappa shape index (κ1) is 24.0. The van der Waals surface area contributed by atoms with E-state index >= 15 is 0 Å². The fourth-order valence-electron chi connectivity index (χ4n) is 1.34. The van der Waals surface area contributed by atoms with Gasteiger partial charge in [0, 0.05) is 0 Å². The summed E-state index contributed by atoms with van der Waals surface area (Å²) in [5.74, 6) is -4.82. The Labute approximate surface area is 163 Å². The van der Waals surface area contributed by atoms with E-state index in [2.05, 4.69) is 0 Å². The second-order valence-corrected chi connectivity index (χ2v) is 5.75. The average Bonchev–Trinajstić information content (AvgIpc) is 2.65. The third-order valence-corrected chi connectivity index (χ3v) is 3.47. The van der Waals surface area contributed by atoms with Gasteiger partial charge in [0.2, 0.25) is 0 Å². The molecule has 0 aliphatic carbocycles. The van der Waals surface area contributed by atoms with E-state index in [1.54, 1.807) is 0 Å². The number of hydrogen-bond acceptors (Lipinski definition) is 8. The molecule has 0 atom stereocenters. The molecular weight excluding hydrogens is 426 g/mol. The molecule has 0 aliphatic rings. The fraction of sp³-hybridized carbons (Fsp3) is 0.692. The number of halogens is 4. The number of ether oxygens (including phenoxy) is 4. The van der Waals surface area contributed by atoms with E-state index in [0.717, 1.165) is 0 Å². The van der Waals surface area contributed by atoms with E-state index in [9.17, 15) is 19.2 Å². The van der Waals surface area contributed by atoms with Crippen molar-refractivity contribution in [2.45, 2.75) is 0 Å². The minimum Gasteiger partial charge on any atom is -0.464 e. The van der Waals surface area contributed by atoms with Gasteiger partial charge in [-0.15, -0.1) is 46.4 Å². The lowest BCUT2D eigenvalue weighted by Gasteiger charge is -2.31. The van der Waals surface area contributed by atoms with Crippen molar-refractivity contribution in [1.29, 1.82) is 0 Å². The Kier molecular flexibility index (Phi) is 12.8. The maximum absolute atomic E-state index is 11.3. The zero-order valence-electron chi connectivity index (χ0n) is 12.9. The minimum atomic E-state index is -1.38. The van der Waals surface area contributed by atoms with E-state index in [1.807, 2.05) is 0 Å². The van der Waals surface area contributed by atoms with E-state index in [-0.39, 0.29) is 0 Å². The van der Waals surface area contributed by atoms with Crippen LogP contribution in [0.1, 0.15) is 0 Å². The van der Waals surface area contributed by atoms with Crippen LogP contribution in [-0.2, 0) is 38.1 Å². The average molecular weight is 442 g/mol. The highest BCUT2D eigenvalue weighted by atomic mass is 35.5. The molecule has 0 spiro atoms. The summed E-state index contributed by atoms with van der Waals surface area (Å²) in [5.41, 5.74) is -1.38. The molecule has 0 unspecified atom stereocenters. The van der Waals surface area contributed by atoms with Crippen LogP contribution in [0.3, 0.4) is 0 Å². The molecule has 0 N–H and O–H groups in total. The standard InChI is InChI=1S/C13H16Cl4O8/c14-1-9(18)22-5-13(6-23-10(19)2-15,7-24-11(20)3-16)8-25-12(21)4-17/h1-8H2. The Morgan fingerprint density at radius 2 is 0.720 bits per heavy atom. The van der Waals surface area contributed by atoms with Crippen molar-refractivity contribution in [3.63, 3.8) is 0 Å². The summed E-state index contributed by atoms with van der Waals surface area (Å²) in [4.78, 5) is 45.2. The second-order valence-electron chi connectivity index (χ2n) is 4.68. The first-order valence-electron chi connectivity index (χ1n) is 6.69. The topological polar surface area (TPSA) is 105 Å². The van der Waals surface area contributed by atoms with Gasteiger partial charge in [0.1, 0.15) is 55.4 Å². The Hall–Kier alpha value is -0.960. The van der Waals surface area contributed by atoms with Crippen LogP contribution in [0.2, 0.25) is 0 Å². The lowest BCUT2D eigenvalue weighted by Crippen LogP contribution is -2.44. The molecule has 0 fully saturated rings. The van der Waals surface area contributed by atoms with Gasteiger partial charge in [0.05, 0.1) is 0 Å². The number of rotatable bonds is 12. The molecule has 0 saturated heterocycles. The molecule has 0 aromatic rings. The Morgan fingerprint density at radius 1 is 0.520 bits per heavy atom. The van der Waals surface area contributed by atoms with Crippen molar-refractivity contribution >= 4 is 70.3 Å². The Bertz CT molecular complexity index is 385. The van der Waals surface area contributed by atoms with Gasteiger partial charge < -0.3 is 18.9 Å². The van der Waals surface area contributed by atoms with Gasteiger partial charge >= 0.3 is 23.9 Å². The van der Waals surface area contributed by atoms with Gasteiger partial charge in [0.25, 0.3) is 0 Å². The molecular formula is C13H16Cl4O8. The lowest BCUT2D eigenvalue weighted by molar-refractivity contribution is -0.167. The van der Waals surface area contributed by atoms with Crippen molar-refractivity contribution in [3.8, 4) is 0 Å². The maximum Gasteiger partial charge on any atom is 0.320 e. The van der Waals surface area contributed by atoms with E-state index in [4.69, 9.17) is 65.4 Å². The molecule has 25 heavy (non-hydrogen) atoms. The SMILES string of the molecule is O=C(CCl)OCC(COC(=O)CCl)(COC(=O)CCl)COC(=O)CCl. The lowest BCUT2D eigenvalue weighted by atomic mass is 9.92. The van der Waals surface area contributed by atoms with Crippen LogP contribution < -0.4 is 0 Å². The summed E-state index contributed by atoms with van der Waals surface area (Å²) < 4.78 is 19.6. The van der Waals surface area contributed by atoms with Crippen LogP contribution in [0, 0.1) is 5.41 Å². The maximum atomic E-state index is 11.3. The molecule has 0 rings (SSSR count). The predicted octanol–water partition coefficient (Wildman–Crippen LogP) is 1.10. The Balaban J connectivity index is 5.24. The number of hydrogen-bond donors (Lipinski definition) is 0. The molecule has 0 radical (unpaired) electrons. The summed E-state index contributed by atoms with van der Waals surface area (Å²) in [7, 11) is 0. The molecule has 8 nitrogen and oxygen atoms in total. The first-order valence-corrected chi connectivity index (χ1v) is 8.82. The predicted molar refractivity (Wildman–Crippen MR) is 89.1 cm³/mol. The number of carbonyl (C=O) groups is 4. The van der Waals surface area contributed by atoms with Gasteiger partial charge in [-0.2, -0.15) is 0 Å². The summed E-state index contributed by atoms with van der Waals surface area (Å²) in [6, 6.07) is 0. The monoisotopic (exact) mass is 440 g/mol. The highest BCUT2D eigenvalue weighted by molar-refractivity contribution is 6.27. The van der Waals surface area contributed by atoms with Gasteiger partial charge in [-0.25, -0.2) is 0 Å². The molecule has 144 valence electrons. The second kappa shape index (κ2) is 13.3. The van der Waals surface area contributed by atoms with Crippen LogP contribution in [-0.4, -0.2) is 73.8 Å². The third kappa shape index (κ3) is 10.6. The highest BCUT2D eigenvalue weighted by Gasteiger charge is 2.37. The summed E-state index contributed by atoms with van der Waals surface area (Å²) in [6.45, 7) is -1.67. The van der Waals surface area contributed by atoms with Crippen LogP contribution >= 0.6 is 46.4 Å². The molecule has 0 bridgehead atoms. The van der Waals surface area contributed by atoms with E-state index < -0.39 is 79.2 Å². The van der Waals surface area contributed by atoms with Crippen LogP contribution in [0.25, 0.3) is 0 Å².